The maximum atomic E-state index is 6.29. The van der Waals surface area contributed by atoms with Crippen molar-refractivity contribution in [2.75, 3.05) is 0 Å². The molecule has 2 aliphatic rings. The Kier molecular flexibility index (Phi) is 7.88. The van der Waals surface area contributed by atoms with Crippen molar-refractivity contribution in [1.82, 2.24) is 10.6 Å². The predicted octanol–water partition coefficient (Wildman–Crippen LogP) is 10.3. The number of hydrogen-bond donors (Lipinski definition) is 2. The number of allylic oxidation sites excluding steroid dienone is 5. The zero-order valence-corrected chi connectivity index (χ0v) is 27.4. The van der Waals surface area contributed by atoms with Crippen molar-refractivity contribution in [2.24, 2.45) is 0 Å². The topological polar surface area (TPSA) is 24.1 Å². The second-order valence-electron chi connectivity index (χ2n) is 12.9. The minimum absolute atomic E-state index is 0.0351. The summed E-state index contributed by atoms with van der Waals surface area (Å²) in [6, 6.07) is 22.5. The SMILES string of the molecule is [CH]C1=CC(=C2NC(c3c(C)ccc(-c4c(C)cccc4C)c3C)C(c3c(C)ccc(-c4c(C)cccc4C)c3C)N2)CC=C1. The molecule has 6 rings (SSSR count). The molecule has 4 aromatic carbocycles. The second kappa shape index (κ2) is 11.7. The quantitative estimate of drug-likeness (QED) is 0.253. The molecule has 222 valence electrons. The smallest absolute Gasteiger partial charge is 0.103 e. The Morgan fingerprint density at radius 3 is 1.41 bits per heavy atom. The second-order valence-corrected chi connectivity index (χ2v) is 12.9. The van der Waals surface area contributed by atoms with Gasteiger partial charge in [-0.2, -0.15) is 0 Å². The van der Waals surface area contributed by atoms with Crippen LogP contribution >= 0.6 is 0 Å². The van der Waals surface area contributed by atoms with Gasteiger partial charge in [-0.15, -0.1) is 0 Å². The van der Waals surface area contributed by atoms with E-state index in [0.29, 0.717) is 0 Å². The summed E-state index contributed by atoms with van der Waals surface area (Å²) in [7, 11) is 0. The monoisotopic (exact) mass is 576 g/mol. The summed E-state index contributed by atoms with van der Waals surface area (Å²) in [4.78, 5) is 0. The van der Waals surface area contributed by atoms with Gasteiger partial charge in [0.15, 0.2) is 0 Å². The number of benzene rings is 4. The standard InChI is InChI=1S/C42H44N2/c1-24-13-10-18-33(23-24)42-43-40(38-29(6)19-21-34(31(38)8)36-25(2)14-11-15-26(36)3)41(44-42)39-30(7)20-22-35(32(39)9)37-27(4)16-12-17-28(37)5/h1,10-17,19-23,40-41,43-44H,18H2,2-9H3. The number of nitrogens with one attached hydrogen (secondary N) is 2. The van der Waals surface area contributed by atoms with E-state index in [-0.39, 0.29) is 12.1 Å². The summed E-state index contributed by atoms with van der Waals surface area (Å²) in [5.41, 5.74) is 20.5. The van der Waals surface area contributed by atoms with Crippen LogP contribution in [0, 0.1) is 62.3 Å². The summed E-state index contributed by atoms with van der Waals surface area (Å²) in [6.07, 6.45) is 7.10. The lowest BCUT2D eigenvalue weighted by Gasteiger charge is -2.28. The van der Waals surface area contributed by atoms with Gasteiger partial charge >= 0.3 is 0 Å². The third kappa shape index (κ3) is 5.11. The van der Waals surface area contributed by atoms with Gasteiger partial charge in [0.1, 0.15) is 5.82 Å². The summed E-state index contributed by atoms with van der Waals surface area (Å²) in [5, 5.41) is 8.01. The molecule has 0 saturated carbocycles. The van der Waals surface area contributed by atoms with Gasteiger partial charge in [-0.05, 0) is 158 Å². The van der Waals surface area contributed by atoms with Crippen molar-refractivity contribution in [3.8, 4) is 22.3 Å². The highest BCUT2D eigenvalue weighted by molar-refractivity contribution is 5.77. The molecular weight excluding hydrogens is 532 g/mol. The van der Waals surface area contributed by atoms with E-state index in [4.69, 9.17) is 6.92 Å². The lowest BCUT2D eigenvalue weighted by Crippen LogP contribution is -2.22. The van der Waals surface area contributed by atoms with Crippen LogP contribution < -0.4 is 10.6 Å². The summed E-state index contributed by atoms with van der Waals surface area (Å²) in [6.45, 7) is 24.3. The number of aryl methyl sites for hydroxylation is 6. The Morgan fingerprint density at radius 1 is 0.568 bits per heavy atom. The van der Waals surface area contributed by atoms with Crippen molar-refractivity contribution in [1.29, 1.82) is 0 Å². The van der Waals surface area contributed by atoms with Gasteiger partial charge < -0.3 is 10.6 Å². The first kappa shape index (κ1) is 29.8. The molecule has 0 spiro atoms. The average molecular weight is 577 g/mol. The molecule has 2 N–H and O–H groups in total. The highest BCUT2D eigenvalue weighted by atomic mass is 15.2. The Hall–Kier alpha value is -4.30. The zero-order valence-electron chi connectivity index (χ0n) is 27.4. The fourth-order valence-electron chi connectivity index (χ4n) is 7.69. The molecule has 2 unspecified atom stereocenters. The van der Waals surface area contributed by atoms with Gasteiger partial charge in [0, 0.05) is 0 Å². The molecule has 0 aromatic heterocycles. The van der Waals surface area contributed by atoms with Crippen molar-refractivity contribution >= 4 is 0 Å². The van der Waals surface area contributed by atoms with Crippen molar-refractivity contribution < 1.29 is 0 Å². The van der Waals surface area contributed by atoms with Gasteiger partial charge in [0.2, 0.25) is 0 Å². The molecule has 1 heterocycles. The number of rotatable bonds is 4. The minimum Gasteiger partial charge on any atom is -0.362 e. The Labute approximate surface area is 264 Å². The predicted molar refractivity (Wildman–Crippen MR) is 187 cm³/mol. The van der Waals surface area contributed by atoms with Crippen molar-refractivity contribution in [2.45, 2.75) is 73.9 Å². The first-order valence-electron chi connectivity index (χ1n) is 15.8. The minimum atomic E-state index is 0.0351. The Morgan fingerprint density at radius 2 is 1.00 bits per heavy atom. The maximum absolute atomic E-state index is 6.29. The zero-order chi connectivity index (χ0) is 31.3. The molecule has 1 fully saturated rings. The van der Waals surface area contributed by atoms with Crippen LogP contribution in [0.1, 0.15) is 74.1 Å². The first-order chi connectivity index (χ1) is 21.1. The maximum Gasteiger partial charge on any atom is 0.103 e. The van der Waals surface area contributed by atoms with E-state index in [1.165, 1.54) is 83.5 Å². The number of hydrogen-bond acceptors (Lipinski definition) is 2. The van der Waals surface area contributed by atoms with E-state index in [9.17, 15) is 0 Å². The van der Waals surface area contributed by atoms with Gasteiger partial charge in [-0.3, -0.25) is 0 Å². The van der Waals surface area contributed by atoms with Crippen LogP contribution in [0.25, 0.3) is 22.3 Å². The van der Waals surface area contributed by atoms with Gasteiger partial charge in [0.05, 0.1) is 12.1 Å². The highest BCUT2D eigenvalue weighted by Gasteiger charge is 2.37. The summed E-state index contributed by atoms with van der Waals surface area (Å²) >= 11 is 0. The average Bonchev–Trinajstić information content (AvgIpc) is 3.39. The van der Waals surface area contributed by atoms with Crippen LogP contribution in [0.4, 0.5) is 0 Å². The normalized spacial score (nSPS) is 17.9. The van der Waals surface area contributed by atoms with Crippen LogP contribution in [-0.4, -0.2) is 0 Å². The van der Waals surface area contributed by atoms with Crippen LogP contribution in [-0.2, 0) is 0 Å². The van der Waals surface area contributed by atoms with Crippen LogP contribution in [0.15, 0.2) is 95.9 Å². The molecule has 4 aromatic rings. The van der Waals surface area contributed by atoms with Crippen LogP contribution in [0.3, 0.4) is 0 Å². The molecule has 0 amide bonds. The van der Waals surface area contributed by atoms with Crippen molar-refractivity contribution in [3.63, 3.8) is 0 Å². The van der Waals surface area contributed by atoms with Gasteiger partial charge in [0.25, 0.3) is 0 Å². The van der Waals surface area contributed by atoms with E-state index < -0.39 is 0 Å². The van der Waals surface area contributed by atoms with Crippen molar-refractivity contribution in [3.05, 3.63) is 158 Å². The molecule has 2 radical (unpaired) electrons. The first-order valence-corrected chi connectivity index (χ1v) is 15.8. The largest absolute Gasteiger partial charge is 0.362 e. The van der Waals surface area contributed by atoms with E-state index >= 15 is 0 Å². The molecule has 2 nitrogen and oxygen atoms in total. The molecular formula is C42H44N2. The Bertz CT molecular complexity index is 1720. The molecule has 0 bridgehead atoms. The fourth-order valence-corrected chi connectivity index (χ4v) is 7.69. The van der Waals surface area contributed by atoms with Crippen LogP contribution in [0.2, 0.25) is 0 Å². The lowest BCUT2D eigenvalue weighted by atomic mass is 9.80. The molecule has 1 saturated heterocycles. The molecule has 44 heavy (non-hydrogen) atoms. The van der Waals surface area contributed by atoms with E-state index in [2.05, 4.69) is 139 Å². The highest BCUT2D eigenvalue weighted by Crippen LogP contribution is 2.45. The van der Waals surface area contributed by atoms with E-state index in [1.54, 1.807) is 0 Å². The summed E-state index contributed by atoms with van der Waals surface area (Å²) < 4.78 is 0. The van der Waals surface area contributed by atoms with Gasteiger partial charge in [-0.1, -0.05) is 78.9 Å². The fraction of sp³-hybridized carbons (Fsp3) is 0.262. The summed E-state index contributed by atoms with van der Waals surface area (Å²) in [5.74, 6) is 1.07. The Balaban J connectivity index is 1.58. The van der Waals surface area contributed by atoms with E-state index in [0.717, 1.165) is 17.8 Å². The molecule has 1 aliphatic heterocycles. The molecule has 1 aliphatic carbocycles. The van der Waals surface area contributed by atoms with Gasteiger partial charge in [-0.25, -0.2) is 0 Å². The third-order valence-electron chi connectivity index (χ3n) is 9.83. The van der Waals surface area contributed by atoms with Crippen LogP contribution in [0.5, 0.6) is 0 Å². The van der Waals surface area contributed by atoms with E-state index in [1.807, 2.05) is 6.08 Å². The molecule has 2 atom stereocenters. The lowest BCUT2D eigenvalue weighted by molar-refractivity contribution is 0.544. The third-order valence-corrected chi connectivity index (χ3v) is 9.83. The molecule has 2 heteroatoms.